The number of carbonyl (C=O) groups excluding carboxylic acids is 2. The molecular weight excluding hydrogens is 412 g/mol. The van der Waals surface area contributed by atoms with Crippen LogP contribution in [0, 0.1) is 0 Å². The molecule has 0 saturated carbocycles. The Hall–Kier alpha value is -3.57. The molecule has 4 rings (SSSR count). The van der Waals surface area contributed by atoms with Crippen molar-refractivity contribution in [1.82, 2.24) is 5.32 Å². The van der Waals surface area contributed by atoms with Gasteiger partial charge in [-0.1, -0.05) is 61.0 Å². The van der Waals surface area contributed by atoms with Crippen LogP contribution < -0.4 is 15.4 Å². The summed E-state index contributed by atoms with van der Waals surface area (Å²) < 4.78 is 5.75. The number of ether oxygens (including phenoxy) is 1. The predicted molar refractivity (Wildman–Crippen MR) is 122 cm³/mol. The molecule has 1 heterocycles. The first kappa shape index (κ1) is 20.7. The molecule has 1 aliphatic heterocycles. The van der Waals surface area contributed by atoms with Crippen molar-refractivity contribution in [1.29, 1.82) is 0 Å². The zero-order chi connectivity index (χ0) is 21.8. The molecular formula is C25H21ClN2O3. The first-order chi connectivity index (χ1) is 15.0. The summed E-state index contributed by atoms with van der Waals surface area (Å²) in [4.78, 5) is 25.0. The van der Waals surface area contributed by atoms with Gasteiger partial charge in [0.25, 0.3) is 11.8 Å². The summed E-state index contributed by atoms with van der Waals surface area (Å²) in [6.45, 7) is 2.57. The lowest BCUT2D eigenvalue weighted by Crippen LogP contribution is -2.28. The van der Waals surface area contributed by atoms with Crippen LogP contribution in [0.4, 0.5) is 5.69 Å². The van der Waals surface area contributed by atoms with Gasteiger partial charge in [0.1, 0.15) is 0 Å². The molecule has 0 aliphatic carbocycles. The van der Waals surface area contributed by atoms with Gasteiger partial charge in [-0.15, -0.1) is 0 Å². The number of fused-ring (bicyclic) bond motifs is 1. The molecule has 0 spiro atoms. The van der Waals surface area contributed by atoms with Gasteiger partial charge in [-0.2, -0.15) is 0 Å². The highest BCUT2D eigenvalue weighted by Gasteiger charge is 2.23. The Bertz CT molecular complexity index is 1140. The van der Waals surface area contributed by atoms with Gasteiger partial charge in [0, 0.05) is 17.1 Å². The van der Waals surface area contributed by atoms with E-state index in [-0.39, 0.29) is 23.5 Å². The lowest BCUT2D eigenvalue weighted by atomic mass is 10.0. The number of anilines is 1. The fourth-order valence-corrected chi connectivity index (χ4v) is 3.39. The molecule has 1 unspecified atom stereocenters. The van der Waals surface area contributed by atoms with E-state index in [1.54, 1.807) is 48.5 Å². The molecule has 3 aromatic carbocycles. The first-order valence-corrected chi connectivity index (χ1v) is 10.3. The van der Waals surface area contributed by atoms with E-state index < -0.39 is 0 Å². The Morgan fingerprint density at radius 2 is 1.84 bits per heavy atom. The number of hydrogen-bond donors (Lipinski definition) is 2. The van der Waals surface area contributed by atoms with Crippen LogP contribution in [-0.4, -0.2) is 18.4 Å². The van der Waals surface area contributed by atoms with Crippen molar-refractivity contribution in [3.63, 3.8) is 0 Å². The molecule has 0 fully saturated rings. The summed E-state index contributed by atoms with van der Waals surface area (Å²) in [6.07, 6.45) is 1.64. The molecule has 6 heteroatoms. The average Bonchev–Trinajstić information content (AvgIpc) is 2.79. The normalized spacial score (nSPS) is 14.9. The van der Waals surface area contributed by atoms with Gasteiger partial charge in [-0.3, -0.25) is 9.59 Å². The molecule has 5 nitrogen and oxygen atoms in total. The molecule has 1 atom stereocenters. The van der Waals surface area contributed by atoms with Crippen molar-refractivity contribution in [2.75, 3.05) is 11.9 Å². The highest BCUT2D eigenvalue weighted by atomic mass is 35.5. The van der Waals surface area contributed by atoms with E-state index in [9.17, 15) is 9.59 Å². The smallest absolute Gasteiger partial charge is 0.291 e. The van der Waals surface area contributed by atoms with Crippen LogP contribution >= 0.6 is 11.6 Å². The van der Waals surface area contributed by atoms with Crippen LogP contribution in [0.2, 0.25) is 5.02 Å². The third kappa shape index (κ3) is 4.95. The van der Waals surface area contributed by atoms with E-state index in [0.29, 0.717) is 28.6 Å². The number of rotatable bonds is 5. The van der Waals surface area contributed by atoms with Crippen LogP contribution in [0.3, 0.4) is 0 Å². The Morgan fingerprint density at radius 1 is 1.10 bits per heavy atom. The maximum atomic E-state index is 12.6. The fourth-order valence-electron chi connectivity index (χ4n) is 3.26. The van der Waals surface area contributed by atoms with Gasteiger partial charge in [-0.05, 0) is 53.5 Å². The SMILES string of the molecule is CC(CNC(=O)c1ccc2c(c1)NC(=O)/C(=C/c1ccc(Cl)cc1)O2)c1ccccc1. The van der Waals surface area contributed by atoms with E-state index >= 15 is 0 Å². The third-order valence-corrected chi connectivity index (χ3v) is 5.29. The van der Waals surface area contributed by atoms with Gasteiger partial charge >= 0.3 is 0 Å². The summed E-state index contributed by atoms with van der Waals surface area (Å²) in [5, 5.41) is 6.35. The second-order valence-corrected chi connectivity index (χ2v) is 7.79. The average molecular weight is 433 g/mol. The molecule has 0 aromatic heterocycles. The van der Waals surface area contributed by atoms with Crippen molar-refractivity contribution in [3.05, 3.63) is 100 Å². The lowest BCUT2D eigenvalue weighted by Gasteiger charge is -2.21. The third-order valence-electron chi connectivity index (χ3n) is 5.04. The van der Waals surface area contributed by atoms with Gasteiger partial charge in [0.2, 0.25) is 0 Å². The Kier molecular flexibility index (Phi) is 6.05. The van der Waals surface area contributed by atoms with Crippen LogP contribution in [0.1, 0.15) is 34.3 Å². The maximum absolute atomic E-state index is 12.6. The number of halogens is 1. The molecule has 2 N–H and O–H groups in total. The molecule has 2 amide bonds. The molecule has 156 valence electrons. The largest absolute Gasteiger partial charge is 0.449 e. The highest BCUT2D eigenvalue weighted by molar-refractivity contribution is 6.30. The quantitative estimate of drug-likeness (QED) is 0.541. The van der Waals surface area contributed by atoms with Crippen molar-refractivity contribution < 1.29 is 14.3 Å². The van der Waals surface area contributed by atoms with Gasteiger partial charge in [0.05, 0.1) is 5.69 Å². The van der Waals surface area contributed by atoms with Gasteiger partial charge in [-0.25, -0.2) is 0 Å². The summed E-state index contributed by atoms with van der Waals surface area (Å²) >= 11 is 5.90. The molecule has 0 radical (unpaired) electrons. The number of carbonyl (C=O) groups is 2. The highest BCUT2D eigenvalue weighted by Crippen LogP contribution is 2.32. The standard InChI is InChI=1S/C25H21ClN2O3/c1-16(18-5-3-2-4-6-18)15-27-24(29)19-9-12-22-21(14-19)28-25(30)23(31-22)13-17-7-10-20(26)11-8-17/h2-14,16H,15H2,1H3,(H,27,29)(H,28,30)/b23-13-. The molecule has 1 aliphatic rings. The van der Waals surface area contributed by atoms with E-state index in [2.05, 4.69) is 17.6 Å². The number of nitrogens with one attached hydrogen (secondary N) is 2. The monoisotopic (exact) mass is 432 g/mol. The summed E-state index contributed by atoms with van der Waals surface area (Å²) in [6, 6.07) is 22.1. The minimum Gasteiger partial charge on any atom is -0.449 e. The zero-order valence-corrected chi connectivity index (χ0v) is 17.6. The van der Waals surface area contributed by atoms with Crippen molar-refractivity contribution in [2.45, 2.75) is 12.8 Å². The molecule has 0 saturated heterocycles. The summed E-state index contributed by atoms with van der Waals surface area (Å²) in [5.74, 6) is 0.254. The van der Waals surface area contributed by atoms with Crippen LogP contribution in [-0.2, 0) is 4.79 Å². The van der Waals surface area contributed by atoms with E-state index in [0.717, 1.165) is 11.1 Å². The molecule has 31 heavy (non-hydrogen) atoms. The van der Waals surface area contributed by atoms with Crippen molar-refractivity contribution >= 4 is 35.2 Å². The number of amides is 2. The summed E-state index contributed by atoms with van der Waals surface area (Å²) in [5.41, 5.74) is 2.87. The van der Waals surface area contributed by atoms with E-state index in [1.807, 2.05) is 30.3 Å². The molecule has 3 aromatic rings. The van der Waals surface area contributed by atoms with Crippen molar-refractivity contribution in [3.8, 4) is 5.75 Å². The second-order valence-electron chi connectivity index (χ2n) is 7.35. The van der Waals surface area contributed by atoms with Crippen LogP contribution in [0.25, 0.3) is 6.08 Å². The predicted octanol–water partition coefficient (Wildman–Crippen LogP) is 5.25. The maximum Gasteiger partial charge on any atom is 0.291 e. The zero-order valence-electron chi connectivity index (χ0n) is 16.9. The number of hydrogen-bond acceptors (Lipinski definition) is 3. The van der Waals surface area contributed by atoms with Crippen molar-refractivity contribution in [2.24, 2.45) is 0 Å². The van der Waals surface area contributed by atoms with Gasteiger partial charge < -0.3 is 15.4 Å². The van der Waals surface area contributed by atoms with E-state index in [1.165, 1.54) is 0 Å². The first-order valence-electron chi connectivity index (χ1n) is 9.93. The Morgan fingerprint density at radius 3 is 2.58 bits per heavy atom. The molecule has 0 bridgehead atoms. The fraction of sp³-hybridized carbons (Fsp3) is 0.120. The van der Waals surface area contributed by atoms with Crippen LogP contribution in [0.5, 0.6) is 5.75 Å². The minimum atomic E-state index is -0.377. The van der Waals surface area contributed by atoms with Gasteiger partial charge in [0.15, 0.2) is 11.5 Å². The lowest BCUT2D eigenvalue weighted by molar-refractivity contribution is -0.115. The second kappa shape index (κ2) is 9.06. The summed E-state index contributed by atoms with van der Waals surface area (Å²) in [7, 11) is 0. The number of benzene rings is 3. The minimum absolute atomic E-state index is 0.170. The van der Waals surface area contributed by atoms with E-state index in [4.69, 9.17) is 16.3 Å². The Balaban J connectivity index is 1.44. The van der Waals surface area contributed by atoms with Crippen LogP contribution in [0.15, 0.2) is 78.6 Å². The Labute approximate surface area is 185 Å². The topological polar surface area (TPSA) is 67.4 Å².